The summed E-state index contributed by atoms with van der Waals surface area (Å²) in [6.45, 7) is 4.25. The van der Waals surface area contributed by atoms with Gasteiger partial charge in [-0.1, -0.05) is 58.3 Å². The third kappa shape index (κ3) is 15.2. The first-order chi connectivity index (χ1) is 32.4. The van der Waals surface area contributed by atoms with Crippen LogP contribution < -0.4 is 9.44 Å². The van der Waals surface area contributed by atoms with Crippen LogP contribution in [-0.2, 0) is 29.5 Å². The highest BCUT2D eigenvalue weighted by atomic mass is 32.2. The van der Waals surface area contributed by atoms with Crippen molar-refractivity contribution in [3.05, 3.63) is 22.8 Å². The maximum Gasteiger partial charge on any atom is 0.235 e. The average Bonchev–Trinajstić information content (AvgIpc) is 3.82. The minimum atomic E-state index is -3.41. The lowest BCUT2D eigenvalue weighted by Crippen LogP contribution is -2.43. The Hall–Kier alpha value is -0.690. The van der Waals surface area contributed by atoms with Gasteiger partial charge in [-0.3, -0.25) is 0 Å². The number of nitrogens with one attached hydrogen (secondary N) is 2. The smallest absolute Gasteiger partial charge is 0.235 e. The molecule has 8 rings (SSSR count). The van der Waals surface area contributed by atoms with Crippen LogP contribution in [0.5, 0.6) is 0 Å². The number of rotatable bonds is 23. The second-order valence-corrected chi connectivity index (χ2v) is 28.2. The summed E-state index contributed by atoms with van der Waals surface area (Å²) in [4.78, 5) is 2.75. The molecule has 2 heterocycles. The molecule has 67 heavy (non-hydrogen) atoms. The fourth-order valence-electron chi connectivity index (χ4n) is 13.2. The molecule has 0 amide bonds. The number of aliphatic hydroxyl groups is 2. The number of ether oxygens (including phenoxy) is 2. The van der Waals surface area contributed by atoms with Crippen molar-refractivity contribution < 1.29 is 41.1 Å². The lowest BCUT2D eigenvalue weighted by Gasteiger charge is -2.43. The van der Waals surface area contributed by atoms with E-state index in [9.17, 15) is 27.0 Å². The number of sulfonamides is 2. The van der Waals surface area contributed by atoms with Gasteiger partial charge in [0.2, 0.25) is 25.1 Å². The minimum absolute atomic E-state index is 0.00838. The third-order valence-corrected chi connectivity index (χ3v) is 22.8. The summed E-state index contributed by atoms with van der Waals surface area (Å²) in [5, 5.41) is 23.6. The summed E-state index contributed by atoms with van der Waals surface area (Å²) in [5.74, 6) is 3.60. The zero-order valence-corrected chi connectivity index (χ0v) is 44.1. The molecule has 8 unspecified atom stereocenters. The molecule has 6 saturated carbocycles. The second-order valence-electron chi connectivity index (χ2n) is 21.8. The van der Waals surface area contributed by atoms with E-state index in [1.54, 1.807) is 0 Å². The fourth-order valence-corrected chi connectivity index (χ4v) is 18.5. The molecule has 16 heteroatoms. The fraction of sp³-hybridized carbons (Fsp3) is 0.902. The summed E-state index contributed by atoms with van der Waals surface area (Å²) in [5.41, 5.74) is 1.39. The summed E-state index contributed by atoms with van der Waals surface area (Å²) in [6, 6.07) is 1.10. The number of unbranched alkanes of at least 4 members (excludes halogenated alkanes) is 4. The van der Waals surface area contributed by atoms with Crippen LogP contribution in [-0.4, -0.2) is 127 Å². The molecule has 1 saturated heterocycles. The molecule has 12 nitrogen and oxygen atoms in total. The molecule has 0 aromatic heterocycles. The summed E-state index contributed by atoms with van der Waals surface area (Å²) in [6.07, 6.45) is 32.6. The van der Waals surface area contributed by atoms with E-state index in [0.717, 1.165) is 94.5 Å². The molecule has 4 N–H and O–H groups in total. The van der Waals surface area contributed by atoms with Crippen LogP contribution in [0, 0.1) is 23.7 Å². The zero-order chi connectivity index (χ0) is 46.8. The maximum atomic E-state index is 12.9. The van der Waals surface area contributed by atoms with Gasteiger partial charge in [-0.25, -0.2) is 21.4 Å². The molecule has 0 radical (unpaired) electrons. The van der Waals surface area contributed by atoms with Gasteiger partial charge < -0.3 is 24.6 Å². The van der Waals surface area contributed by atoms with Gasteiger partial charge in [0.25, 0.3) is 0 Å². The van der Waals surface area contributed by atoms with E-state index in [4.69, 9.17) is 9.47 Å². The molecule has 0 aromatic carbocycles. The van der Waals surface area contributed by atoms with Crippen LogP contribution in [0.1, 0.15) is 180 Å². The van der Waals surface area contributed by atoms with Gasteiger partial charge in [-0.15, -0.1) is 11.8 Å². The van der Waals surface area contributed by atoms with Crippen molar-refractivity contribution in [2.75, 3.05) is 38.1 Å². The molecule has 2 aliphatic heterocycles. The van der Waals surface area contributed by atoms with Crippen LogP contribution >= 0.6 is 23.5 Å². The van der Waals surface area contributed by atoms with E-state index in [1.165, 1.54) is 92.7 Å². The van der Waals surface area contributed by atoms with Crippen LogP contribution in [0.15, 0.2) is 22.8 Å². The van der Waals surface area contributed by atoms with Gasteiger partial charge in [0, 0.05) is 36.8 Å². The highest BCUT2D eigenvalue weighted by Gasteiger charge is 2.50. The van der Waals surface area contributed by atoms with E-state index >= 15 is 0 Å². The van der Waals surface area contributed by atoms with Crippen LogP contribution in [0.3, 0.4) is 0 Å². The number of allylic oxidation sites excluding steroid dienone is 2. The third-order valence-electron chi connectivity index (χ3n) is 17.2. The normalized spacial score (nSPS) is 35.7. The van der Waals surface area contributed by atoms with Crippen molar-refractivity contribution in [1.29, 1.82) is 0 Å². The SMILES string of the molecule is CCC(=CC1=[N+](CCCCCS(=O)(=O)NCOC2CCC(O)CC2)C2CC3CCCCC3CC2S1)C=C1SC2CC3CCCCC3CC2N1CCCCCS(=O)(=O)NCOC1CCC(O)CC1. The van der Waals surface area contributed by atoms with Gasteiger partial charge in [-0.2, -0.15) is 9.44 Å². The van der Waals surface area contributed by atoms with Crippen molar-refractivity contribution >= 4 is 48.6 Å². The predicted octanol–water partition coefficient (Wildman–Crippen LogP) is 8.78. The Morgan fingerprint density at radius 3 is 1.75 bits per heavy atom. The van der Waals surface area contributed by atoms with E-state index in [0.29, 0.717) is 61.1 Å². The zero-order valence-electron chi connectivity index (χ0n) is 40.8. The van der Waals surface area contributed by atoms with Crippen molar-refractivity contribution in [3.63, 3.8) is 0 Å². The van der Waals surface area contributed by atoms with Gasteiger partial charge >= 0.3 is 0 Å². The first-order valence-corrected chi connectivity index (χ1v) is 32.2. The largest absolute Gasteiger partial charge is 0.393 e. The molecule has 0 bridgehead atoms. The summed E-state index contributed by atoms with van der Waals surface area (Å²) < 4.78 is 71.2. The number of aliphatic hydroxyl groups excluding tert-OH is 2. The lowest BCUT2D eigenvalue weighted by molar-refractivity contribution is -0.564. The highest BCUT2D eigenvalue weighted by Crippen LogP contribution is 2.53. The van der Waals surface area contributed by atoms with E-state index in [2.05, 4.69) is 61.5 Å². The standard InChI is InChI=1S/C51H87N4O8S4/c1-2-37(29-50-54(46-31-38-13-5-7-15-40(38)33-48(46)64-50)25-9-3-11-27-66(58,59)52-35-62-44-21-17-42(56)18-22-44)30-51-55(47-32-39-14-6-8-16-41(39)34-49(47)65-51)26-10-4-12-28-67(60,61)53-36-63-45-23-19-43(57)20-24-45/h29-30,38-49,52-53,56-57H,2-28,31-36H2,1H3/q+1. The summed E-state index contributed by atoms with van der Waals surface area (Å²) >= 11 is 4.26. The van der Waals surface area contributed by atoms with Gasteiger partial charge in [0.1, 0.15) is 20.0 Å². The predicted molar refractivity (Wildman–Crippen MR) is 273 cm³/mol. The Morgan fingerprint density at radius 2 is 1.18 bits per heavy atom. The van der Waals surface area contributed by atoms with Crippen molar-refractivity contribution in [1.82, 2.24) is 14.3 Å². The maximum absolute atomic E-state index is 12.9. The number of fused-ring (bicyclic) bond motifs is 4. The molecular formula is C51H87N4O8S4+. The molecule has 8 atom stereocenters. The number of nitrogens with zero attached hydrogens (tertiary/aromatic N) is 2. The van der Waals surface area contributed by atoms with Gasteiger partial charge in [-0.05, 0) is 156 Å². The molecular weight excluding hydrogens is 925 g/mol. The average molecular weight is 1010 g/mol. The Bertz CT molecular complexity index is 1900. The molecule has 8 aliphatic rings. The Morgan fingerprint density at radius 1 is 0.657 bits per heavy atom. The Labute approximate surface area is 413 Å². The first kappa shape index (κ1) is 52.6. The van der Waals surface area contributed by atoms with Crippen LogP contribution in [0.2, 0.25) is 0 Å². The van der Waals surface area contributed by atoms with Gasteiger partial charge in [0.05, 0.1) is 46.2 Å². The van der Waals surface area contributed by atoms with E-state index in [1.807, 2.05) is 0 Å². The first-order valence-electron chi connectivity index (χ1n) is 27.1. The number of thioether (sulfide) groups is 2. The lowest BCUT2D eigenvalue weighted by atomic mass is 9.69. The highest BCUT2D eigenvalue weighted by molar-refractivity contribution is 8.14. The van der Waals surface area contributed by atoms with E-state index < -0.39 is 20.0 Å². The number of hydrogen-bond acceptors (Lipinski definition) is 11. The monoisotopic (exact) mass is 1010 g/mol. The second kappa shape index (κ2) is 25.3. The van der Waals surface area contributed by atoms with E-state index in [-0.39, 0.29) is 49.4 Å². The molecule has 6 aliphatic carbocycles. The minimum Gasteiger partial charge on any atom is -0.393 e. The van der Waals surface area contributed by atoms with Crippen LogP contribution in [0.4, 0.5) is 0 Å². The van der Waals surface area contributed by atoms with Crippen molar-refractivity contribution in [3.8, 4) is 0 Å². The molecule has 7 fully saturated rings. The number of hydrogen-bond donors (Lipinski definition) is 4. The quantitative estimate of drug-likeness (QED) is 0.0441. The van der Waals surface area contributed by atoms with Crippen LogP contribution in [0.25, 0.3) is 0 Å². The Balaban J connectivity index is 0.897. The topological polar surface area (TPSA) is 158 Å². The van der Waals surface area contributed by atoms with Gasteiger partial charge in [0.15, 0.2) is 6.04 Å². The van der Waals surface area contributed by atoms with Crippen molar-refractivity contribution in [2.24, 2.45) is 23.7 Å². The molecule has 0 aromatic rings. The van der Waals surface area contributed by atoms with Crippen molar-refractivity contribution in [2.45, 2.75) is 227 Å². The Kier molecular flexibility index (Phi) is 19.9. The summed E-state index contributed by atoms with van der Waals surface area (Å²) in [7, 11) is -6.83. The molecule has 382 valence electrons. The molecule has 0 spiro atoms.